The lowest BCUT2D eigenvalue weighted by Crippen LogP contribution is -2.36. The van der Waals surface area contributed by atoms with Gasteiger partial charge in [0.1, 0.15) is 11.6 Å². The number of nitrogens with zero attached hydrogens (tertiary/aromatic N) is 3. The van der Waals surface area contributed by atoms with Gasteiger partial charge in [-0.2, -0.15) is 11.8 Å². The number of aromatic nitrogens is 3. The number of unbranched alkanes of at least 4 members (excludes halogenated alkanes) is 2. The highest BCUT2D eigenvalue weighted by molar-refractivity contribution is 8.00. The predicted octanol–water partition coefficient (Wildman–Crippen LogP) is 2.63. The Morgan fingerprint density at radius 1 is 1.26 bits per heavy atom. The topological polar surface area (TPSA) is 144 Å². The third-order valence-corrected chi connectivity index (χ3v) is 9.84. The van der Waals surface area contributed by atoms with Gasteiger partial charge in [-0.05, 0) is 50.0 Å². The molecule has 2 aromatic rings. The first-order chi connectivity index (χ1) is 18.3. The second kappa shape index (κ2) is 13.4. The molecule has 0 radical (unpaired) electrons. The van der Waals surface area contributed by atoms with Gasteiger partial charge in [-0.15, -0.1) is 5.10 Å². The minimum atomic E-state index is -3.78. The van der Waals surface area contributed by atoms with Crippen LogP contribution in [0.3, 0.4) is 0 Å². The lowest BCUT2D eigenvalue weighted by atomic mass is 10.0. The zero-order valence-electron chi connectivity index (χ0n) is 21.3. The molecule has 0 spiro atoms. The number of hydrogen-bond acceptors (Lipinski definition) is 8. The second-order valence-corrected chi connectivity index (χ2v) is 12.9. The number of halogens is 1. The van der Waals surface area contributed by atoms with Crippen LogP contribution >= 0.6 is 11.8 Å². The molecule has 5 N–H and O–H groups in total. The number of amides is 2. The van der Waals surface area contributed by atoms with Crippen LogP contribution in [0.1, 0.15) is 37.8 Å². The summed E-state index contributed by atoms with van der Waals surface area (Å²) in [4.78, 5) is 11.6. The normalized spacial score (nSPS) is 21.3. The molecule has 0 unspecified atom stereocenters. The number of carbonyl (C=O) groups is 1. The number of rotatable bonds is 15. The number of fused-ring (bicyclic) bond motifs is 1. The van der Waals surface area contributed by atoms with E-state index in [0.29, 0.717) is 17.5 Å². The number of anilines is 1. The Balaban J connectivity index is 1.12. The third-order valence-electron chi connectivity index (χ3n) is 6.70. The van der Waals surface area contributed by atoms with E-state index >= 15 is 0 Å². The summed E-state index contributed by atoms with van der Waals surface area (Å²) in [6, 6.07) is 6.92. The summed E-state index contributed by atoms with van der Waals surface area (Å²) in [5, 5.41) is 18.2. The van der Waals surface area contributed by atoms with Crippen LogP contribution in [0.25, 0.3) is 0 Å². The molecule has 2 aliphatic rings. The van der Waals surface area contributed by atoms with Crippen molar-refractivity contribution in [2.45, 2.75) is 67.3 Å². The van der Waals surface area contributed by atoms with Crippen molar-refractivity contribution < 1.29 is 17.6 Å². The number of hydrogen-bond donors (Lipinski definition) is 4. The van der Waals surface area contributed by atoms with E-state index in [-0.39, 0.29) is 29.6 Å². The number of thioether (sulfide) groups is 1. The van der Waals surface area contributed by atoms with E-state index in [2.05, 4.69) is 26.3 Å². The van der Waals surface area contributed by atoms with Crippen molar-refractivity contribution in [2.75, 3.05) is 29.9 Å². The molecule has 2 aliphatic heterocycles. The van der Waals surface area contributed by atoms with Crippen molar-refractivity contribution in [1.29, 1.82) is 0 Å². The Bertz CT molecular complexity index is 1220. The molecule has 2 amide bonds. The zero-order chi connectivity index (χ0) is 27.0. The number of sulfone groups is 1. The van der Waals surface area contributed by atoms with E-state index in [1.54, 1.807) is 12.1 Å². The van der Waals surface area contributed by atoms with E-state index in [1.165, 1.54) is 12.1 Å². The highest BCUT2D eigenvalue weighted by Crippen LogP contribution is 2.33. The van der Waals surface area contributed by atoms with Crippen LogP contribution in [-0.4, -0.2) is 71.4 Å². The standard InChI is InChI=1S/C25H36FN7O3S2/c26-18(10-11-27)17-38(35,36)21-8-4-6-19(14-21)28-12-5-7-20-15-33(32-31-20)13-3-1-2-9-23-24-22(16-37-23)29-25(34)30-24/h4,6,8,10,14-15,22-24,28H,1-3,5,7,9,11-13,16-17,27H2,(H2,29,30,34)/b18-10-/t22-,23-,24-/m0/s1. The van der Waals surface area contributed by atoms with E-state index in [1.807, 2.05) is 22.6 Å². The van der Waals surface area contributed by atoms with Gasteiger partial charge < -0.3 is 21.7 Å². The van der Waals surface area contributed by atoms with E-state index < -0.39 is 21.4 Å². The lowest BCUT2D eigenvalue weighted by Gasteiger charge is -2.16. The van der Waals surface area contributed by atoms with Gasteiger partial charge in [0.25, 0.3) is 0 Å². The highest BCUT2D eigenvalue weighted by Gasteiger charge is 2.42. The fraction of sp³-hybridized carbons (Fsp3) is 0.560. The van der Waals surface area contributed by atoms with Crippen LogP contribution in [0.5, 0.6) is 0 Å². The van der Waals surface area contributed by atoms with Gasteiger partial charge in [0.2, 0.25) is 0 Å². The minimum Gasteiger partial charge on any atom is -0.385 e. The van der Waals surface area contributed by atoms with Crippen LogP contribution in [0.4, 0.5) is 14.9 Å². The maximum absolute atomic E-state index is 13.7. The first-order valence-electron chi connectivity index (χ1n) is 13.0. The molecule has 13 heteroatoms. The van der Waals surface area contributed by atoms with Crippen molar-refractivity contribution in [1.82, 2.24) is 25.6 Å². The van der Waals surface area contributed by atoms with Crippen LogP contribution < -0.4 is 21.7 Å². The summed E-state index contributed by atoms with van der Waals surface area (Å²) in [6.45, 7) is 1.42. The van der Waals surface area contributed by atoms with Gasteiger partial charge in [0.05, 0.1) is 22.7 Å². The number of nitrogens with one attached hydrogen (secondary N) is 3. The lowest BCUT2D eigenvalue weighted by molar-refractivity contribution is 0.247. The molecule has 1 aromatic carbocycles. The maximum Gasteiger partial charge on any atom is 0.315 e. The molecule has 4 rings (SSSR count). The van der Waals surface area contributed by atoms with E-state index in [0.717, 1.165) is 62.6 Å². The summed E-state index contributed by atoms with van der Waals surface area (Å²) >= 11 is 1.95. The molecule has 2 fully saturated rings. The molecule has 1 aromatic heterocycles. The predicted molar refractivity (Wildman–Crippen MR) is 148 cm³/mol. The Hall–Kier alpha value is -2.64. The fourth-order valence-electron chi connectivity index (χ4n) is 4.75. The largest absolute Gasteiger partial charge is 0.385 e. The second-order valence-electron chi connectivity index (χ2n) is 9.65. The molecule has 0 aliphatic carbocycles. The number of aryl methyl sites for hydroxylation is 2. The minimum absolute atomic E-state index is 0.0342. The van der Waals surface area contributed by atoms with E-state index in [4.69, 9.17) is 5.73 Å². The van der Waals surface area contributed by atoms with Gasteiger partial charge in [-0.1, -0.05) is 24.1 Å². The molecule has 10 nitrogen and oxygen atoms in total. The first-order valence-corrected chi connectivity index (χ1v) is 15.7. The first kappa shape index (κ1) is 28.4. The molecule has 2 saturated heterocycles. The molecule has 38 heavy (non-hydrogen) atoms. The number of benzene rings is 1. The number of carbonyl (C=O) groups excluding carboxylic acids is 1. The van der Waals surface area contributed by atoms with Gasteiger partial charge in [-0.25, -0.2) is 17.6 Å². The Morgan fingerprint density at radius 3 is 2.97 bits per heavy atom. The monoisotopic (exact) mass is 565 g/mol. The number of nitrogens with two attached hydrogens (primary N) is 1. The molecular weight excluding hydrogens is 529 g/mol. The molecule has 0 saturated carbocycles. The Labute approximate surface area is 227 Å². The average molecular weight is 566 g/mol. The van der Waals surface area contributed by atoms with Crippen molar-refractivity contribution in [2.24, 2.45) is 5.73 Å². The van der Waals surface area contributed by atoms with Gasteiger partial charge in [0, 0.05) is 42.5 Å². The summed E-state index contributed by atoms with van der Waals surface area (Å²) in [6.07, 6.45) is 8.99. The summed E-state index contributed by atoms with van der Waals surface area (Å²) < 4.78 is 40.4. The fourth-order valence-corrected chi connectivity index (χ4v) is 7.54. The van der Waals surface area contributed by atoms with Gasteiger partial charge in [0.15, 0.2) is 9.84 Å². The Kier molecular flexibility index (Phi) is 10.0. The number of urea groups is 1. The van der Waals surface area contributed by atoms with Crippen LogP contribution in [-0.2, 0) is 22.8 Å². The van der Waals surface area contributed by atoms with Crippen LogP contribution in [0.2, 0.25) is 0 Å². The highest BCUT2D eigenvalue weighted by atomic mass is 32.2. The van der Waals surface area contributed by atoms with Crippen molar-refractivity contribution in [3.63, 3.8) is 0 Å². The van der Waals surface area contributed by atoms with Crippen LogP contribution in [0.15, 0.2) is 47.3 Å². The Morgan fingerprint density at radius 2 is 2.13 bits per heavy atom. The summed E-state index contributed by atoms with van der Waals surface area (Å²) in [7, 11) is -3.78. The van der Waals surface area contributed by atoms with Crippen molar-refractivity contribution >= 4 is 33.3 Å². The third kappa shape index (κ3) is 7.93. The molecule has 208 valence electrons. The maximum atomic E-state index is 13.7. The molecule has 0 bridgehead atoms. The smallest absolute Gasteiger partial charge is 0.315 e. The zero-order valence-corrected chi connectivity index (χ0v) is 22.9. The van der Waals surface area contributed by atoms with Crippen molar-refractivity contribution in [3.05, 3.63) is 48.1 Å². The van der Waals surface area contributed by atoms with Crippen molar-refractivity contribution in [3.8, 4) is 0 Å². The summed E-state index contributed by atoms with van der Waals surface area (Å²) in [5.41, 5.74) is 6.83. The quantitative estimate of drug-likeness (QED) is 0.191. The SMILES string of the molecule is NC/C=C(\F)CS(=O)(=O)c1cccc(NCCCc2cn(CCCCC[C@@H]3SC[C@@H]4NC(=O)N[C@@H]43)nn2)c1. The van der Waals surface area contributed by atoms with Crippen LogP contribution in [0, 0.1) is 0 Å². The van der Waals surface area contributed by atoms with Gasteiger partial charge in [-0.3, -0.25) is 4.68 Å². The summed E-state index contributed by atoms with van der Waals surface area (Å²) in [5.74, 6) is -0.451. The van der Waals surface area contributed by atoms with E-state index in [9.17, 15) is 17.6 Å². The molecular formula is C25H36FN7O3S2. The molecule has 3 heterocycles. The molecule has 3 atom stereocenters. The van der Waals surface area contributed by atoms with Gasteiger partial charge >= 0.3 is 6.03 Å². The average Bonchev–Trinajstić information content (AvgIpc) is 3.58.